The van der Waals surface area contributed by atoms with Gasteiger partial charge in [-0.1, -0.05) is 6.07 Å². The number of hydrogen-bond donors (Lipinski definition) is 1. The van der Waals surface area contributed by atoms with E-state index in [2.05, 4.69) is 21.2 Å². The maximum absolute atomic E-state index is 13.5. The quantitative estimate of drug-likeness (QED) is 0.928. The van der Waals surface area contributed by atoms with Crippen molar-refractivity contribution in [1.82, 2.24) is 4.90 Å². The summed E-state index contributed by atoms with van der Waals surface area (Å²) in [6, 6.07) is 4.59. The Labute approximate surface area is 107 Å². The number of likely N-dealkylation sites (N-methyl/N-ethyl adjacent to an activating group) is 1. The van der Waals surface area contributed by atoms with Gasteiger partial charge in [0, 0.05) is 14.0 Å². The molecule has 1 N–H and O–H groups in total. The lowest BCUT2D eigenvalue weighted by Gasteiger charge is -2.14. The van der Waals surface area contributed by atoms with Gasteiger partial charge in [0.15, 0.2) is 5.82 Å². The zero-order valence-corrected chi connectivity index (χ0v) is 11.0. The summed E-state index contributed by atoms with van der Waals surface area (Å²) in [4.78, 5) is 23.7. The monoisotopic (exact) mass is 302 g/mol. The summed E-state index contributed by atoms with van der Waals surface area (Å²) >= 11 is 3.02. The van der Waals surface area contributed by atoms with E-state index < -0.39 is 11.7 Å². The number of hydrogen-bond acceptors (Lipinski definition) is 2. The predicted molar refractivity (Wildman–Crippen MR) is 66.0 cm³/mol. The van der Waals surface area contributed by atoms with Crippen LogP contribution < -0.4 is 5.32 Å². The van der Waals surface area contributed by atoms with Gasteiger partial charge in [0.25, 0.3) is 0 Å². The number of carbonyl (C=O) groups is 2. The maximum atomic E-state index is 13.5. The highest BCUT2D eigenvalue weighted by Gasteiger charge is 2.12. The van der Waals surface area contributed by atoms with Crippen molar-refractivity contribution in [2.24, 2.45) is 0 Å². The summed E-state index contributed by atoms with van der Waals surface area (Å²) < 4.78 is 13.8. The summed E-state index contributed by atoms with van der Waals surface area (Å²) in [6.07, 6.45) is 0. The third-order valence-electron chi connectivity index (χ3n) is 2.14. The van der Waals surface area contributed by atoms with Crippen LogP contribution in [0, 0.1) is 5.82 Å². The Bertz CT molecular complexity index is 451. The van der Waals surface area contributed by atoms with E-state index in [9.17, 15) is 14.0 Å². The van der Waals surface area contributed by atoms with Crippen molar-refractivity contribution < 1.29 is 14.0 Å². The van der Waals surface area contributed by atoms with E-state index in [0.717, 1.165) is 0 Å². The first kappa shape index (κ1) is 13.6. The van der Waals surface area contributed by atoms with Crippen LogP contribution in [0.15, 0.2) is 22.7 Å². The van der Waals surface area contributed by atoms with Gasteiger partial charge in [0.2, 0.25) is 11.8 Å². The number of rotatable bonds is 3. The van der Waals surface area contributed by atoms with Gasteiger partial charge in [-0.3, -0.25) is 9.59 Å². The van der Waals surface area contributed by atoms with Crippen LogP contribution in [-0.2, 0) is 9.59 Å². The molecule has 92 valence electrons. The molecule has 2 amide bonds. The second kappa shape index (κ2) is 5.77. The van der Waals surface area contributed by atoms with Crippen molar-refractivity contribution in [2.45, 2.75) is 6.92 Å². The molecule has 0 radical (unpaired) electrons. The molecule has 1 aromatic rings. The number of anilines is 1. The Balaban J connectivity index is 2.69. The van der Waals surface area contributed by atoms with Crippen LogP contribution in [0.2, 0.25) is 0 Å². The van der Waals surface area contributed by atoms with Crippen molar-refractivity contribution in [3.63, 3.8) is 0 Å². The SMILES string of the molecule is CC(=O)N(C)CC(=O)Nc1cccc(Br)c1F. The maximum Gasteiger partial charge on any atom is 0.244 e. The molecule has 0 fully saturated rings. The molecule has 17 heavy (non-hydrogen) atoms. The first-order valence-corrected chi connectivity index (χ1v) is 5.66. The van der Waals surface area contributed by atoms with Gasteiger partial charge >= 0.3 is 0 Å². The number of carbonyl (C=O) groups excluding carboxylic acids is 2. The average molecular weight is 303 g/mol. The van der Waals surface area contributed by atoms with Gasteiger partial charge < -0.3 is 10.2 Å². The van der Waals surface area contributed by atoms with Crippen LogP contribution in [-0.4, -0.2) is 30.3 Å². The molecular weight excluding hydrogens is 291 g/mol. The highest BCUT2D eigenvalue weighted by molar-refractivity contribution is 9.10. The molecule has 0 atom stereocenters. The second-order valence-corrected chi connectivity index (χ2v) is 4.38. The van der Waals surface area contributed by atoms with Crippen molar-refractivity contribution in [1.29, 1.82) is 0 Å². The Morgan fingerprint density at radius 2 is 2.12 bits per heavy atom. The second-order valence-electron chi connectivity index (χ2n) is 3.52. The fraction of sp³-hybridized carbons (Fsp3) is 0.273. The smallest absolute Gasteiger partial charge is 0.244 e. The number of benzene rings is 1. The van der Waals surface area contributed by atoms with Crippen molar-refractivity contribution in [2.75, 3.05) is 18.9 Å². The molecule has 0 heterocycles. The lowest BCUT2D eigenvalue weighted by molar-refractivity contribution is -0.131. The number of nitrogens with zero attached hydrogens (tertiary/aromatic N) is 1. The summed E-state index contributed by atoms with van der Waals surface area (Å²) in [5, 5.41) is 2.40. The van der Waals surface area contributed by atoms with Crippen LogP contribution >= 0.6 is 15.9 Å². The van der Waals surface area contributed by atoms with Crippen LogP contribution in [0.3, 0.4) is 0 Å². The van der Waals surface area contributed by atoms with Crippen molar-refractivity contribution in [3.8, 4) is 0 Å². The van der Waals surface area contributed by atoms with E-state index in [-0.39, 0.29) is 22.6 Å². The normalized spacial score (nSPS) is 9.88. The van der Waals surface area contributed by atoms with Gasteiger partial charge in [0.1, 0.15) is 0 Å². The molecule has 0 aliphatic heterocycles. The minimum atomic E-state index is -0.536. The van der Waals surface area contributed by atoms with E-state index in [4.69, 9.17) is 0 Å². The number of halogens is 2. The predicted octanol–water partition coefficient (Wildman–Crippen LogP) is 2.00. The minimum Gasteiger partial charge on any atom is -0.337 e. The molecule has 0 saturated carbocycles. The Morgan fingerprint density at radius 1 is 1.47 bits per heavy atom. The van der Waals surface area contributed by atoms with Gasteiger partial charge in [-0.15, -0.1) is 0 Å². The van der Waals surface area contributed by atoms with Crippen LogP contribution in [0.5, 0.6) is 0 Å². The lowest BCUT2D eigenvalue weighted by Crippen LogP contribution is -2.33. The molecule has 4 nitrogen and oxygen atoms in total. The molecule has 0 saturated heterocycles. The fourth-order valence-electron chi connectivity index (χ4n) is 1.12. The summed E-state index contributed by atoms with van der Waals surface area (Å²) in [5.74, 6) is -1.21. The molecule has 0 bridgehead atoms. The number of amides is 2. The third-order valence-corrected chi connectivity index (χ3v) is 2.76. The third kappa shape index (κ3) is 3.81. The molecule has 0 unspecified atom stereocenters. The summed E-state index contributed by atoms with van der Waals surface area (Å²) in [5.41, 5.74) is 0.0846. The largest absolute Gasteiger partial charge is 0.337 e. The molecule has 1 aromatic carbocycles. The summed E-state index contributed by atoms with van der Waals surface area (Å²) in [6.45, 7) is 1.24. The molecular formula is C11H12BrFN2O2. The zero-order chi connectivity index (χ0) is 13.0. The first-order chi connectivity index (χ1) is 7.91. The van der Waals surface area contributed by atoms with Crippen LogP contribution in [0.1, 0.15) is 6.92 Å². The minimum absolute atomic E-state index is 0.0846. The van der Waals surface area contributed by atoms with Gasteiger partial charge in [-0.25, -0.2) is 4.39 Å². The van der Waals surface area contributed by atoms with Crippen LogP contribution in [0.25, 0.3) is 0 Å². The zero-order valence-electron chi connectivity index (χ0n) is 9.46. The summed E-state index contributed by atoms with van der Waals surface area (Å²) in [7, 11) is 1.50. The Hall–Kier alpha value is -1.43. The number of nitrogens with one attached hydrogen (secondary N) is 1. The van der Waals surface area contributed by atoms with E-state index in [1.807, 2.05) is 0 Å². The molecule has 1 rings (SSSR count). The highest BCUT2D eigenvalue weighted by atomic mass is 79.9. The van der Waals surface area contributed by atoms with E-state index in [1.165, 1.54) is 31.0 Å². The molecule has 0 spiro atoms. The van der Waals surface area contributed by atoms with Crippen LogP contribution in [0.4, 0.5) is 10.1 Å². The van der Waals surface area contributed by atoms with Gasteiger partial charge in [-0.05, 0) is 28.1 Å². The standard InChI is InChI=1S/C11H12BrFN2O2/c1-7(16)15(2)6-10(17)14-9-5-3-4-8(12)11(9)13/h3-5H,6H2,1-2H3,(H,14,17). The molecule has 0 aliphatic carbocycles. The Kier molecular flexibility index (Phi) is 4.62. The fourth-order valence-corrected chi connectivity index (χ4v) is 1.48. The molecule has 0 aliphatic rings. The molecule has 0 aromatic heterocycles. The average Bonchev–Trinajstić information content (AvgIpc) is 2.24. The molecule has 6 heteroatoms. The van der Waals surface area contributed by atoms with E-state index >= 15 is 0 Å². The topological polar surface area (TPSA) is 49.4 Å². The lowest BCUT2D eigenvalue weighted by atomic mass is 10.3. The van der Waals surface area contributed by atoms with E-state index in [0.29, 0.717) is 0 Å². The van der Waals surface area contributed by atoms with Crippen molar-refractivity contribution >= 4 is 33.4 Å². The first-order valence-electron chi connectivity index (χ1n) is 4.87. The van der Waals surface area contributed by atoms with Gasteiger partial charge in [0.05, 0.1) is 16.7 Å². The van der Waals surface area contributed by atoms with Gasteiger partial charge in [-0.2, -0.15) is 0 Å². The van der Waals surface area contributed by atoms with Crippen molar-refractivity contribution in [3.05, 3.63) is 28.5 Å². The highest BCUT2D eigenvalue weighted by Crippen LogP contribution is 2.22. The van der Waals surface area contributed by atoms with E-state index in [1.54, 1.807) is 6.07 Å². The Morgan fingerprint density at radius 3 is 2.71 bits per heavy atom.